The summed E-state index contributed by atoms with van der Waals surface area (Å²) in [4.78, 5) is 73.1. The number of oxime groups is 1. The number of aromatic hydroxyl groups is 2. The van der Waals surface area contributed by atoms with E-state index in [2.05, 4.69) is 15.5 Å². The first-order chi connectivity index (χ1) is 20.2. The molecule has 1 fully saturated rings. The Morgan fingerprint density at radius 2 is 1.91 bits per heavy atom. The smallest absolute Gasteiger partial charge is 0.352 e. The number of anilines is 1. The molecule has 226 valence electrons. The van der Waals surface area contributed by atoms with Gasteiger partial charge in [0.25, 0.3) is 17.4 Å². The monoisotopic (exact) mass is 650 g/mol. The van der Waals surface area contributed by atoms with Crippen molar-refractivity contribution in [2.45, 2.75) is 37.4 Å². The number of hydrogen-bond donors (Lipinski definition) is 6. The Balaban J connectivity index is 1.39. The number of carbonyl (C=O) groups is 4. The zero-order valence-corrected chi connectivity index (χ0v) is 24.6. The fraction of sp³-hybridized carbons (Fsp3) is 0.292. The van der Waals surface area contributed by atoms with Crippen LogP contribution in [0.15, 0.2) is 38.7 Å². The number of fused-ring (bicyclic) bond motifs is 2. The van der Waals surface area contributed by atoms with E-state index in [0.717, 1.165) is 45.6 Å². The van der Waals surface area contributed by atoms with Gasteiger partial charge < -0.3 is 36.3 Å². The van der Waals surface area contributed by atoms with Crippen molar-refractivity contribution in [2.24, 2.45) is 5.16 Å². The van der Waals surface area contributed by atoms with E-state index in [0.29, 0.717) is 4.70 Å². The molecule has 7 N–H and O–H groups in total. The summed E-state index contributed by atoms with van der Waals surface area (Å²) in [6.45, 7) is 2.27. The number of benzene rings is 1. The number of carbonyl (C=O) groups excluding carboxylic acids is 2. The number of aliphatic carboxylic acids is 2. The molecular weight excluding hydrogens is 628 g/mol. The lowest BCUT2D eigenvalue weighted by Crippen LogP contribution is -2.71. The van der Waals surface area contributed by atoms with Crippen LogP contribution in [0.5, 0.6) is 11.5 Å². The van der Waals surface area contributed by atoms with E-state index in [9.17, 15) is 44.4 Å². The lowest BCUT2D eigenvalue weighted by molar-refractivity contribution is -0.161. The summed E-state index contributed by atoms with van der Waals surface area (Å²) >= 11 is 3.11. The molecule has 0 aliphatic carbocycles. The number of phenols is 2. The van der Waals surface area contributed by atoms with E-state index in [1.165, 1.54) is 29.3 Å². The Morgan fingerprint density at radius 3 is 2.53 bits per heavy atom. The van der Waals surface area contributed by atoms with Crippen LogP contribution >= 0.6 is 34.6 Å². The Hall–Kier alpha value is -4.62. The number of nitrogens with one attached hydrogen (secondary N) is 1. The van der Waals surface area contributed by atoms with Crippen LogP contribution in [0.2, 0.25) is 0 Å². The van der Waals surface area contributed by atoms with Crippen LogP contribution in [-0.2, 0) is 30.6 Å². The molecule has 0 radical (unpaired) electrons. The van der Waals surface area contributed by atoms with Gasteiger partial charge in [-0.25, -0.2) is 14.6 Å². The lowest BCUT2D eigenvalue weighted by Gasteiger charge is -2.49. The number of aromatic nitrogens is 2. The summed E-state index contributed by atoms with van der Waals surface area (Å²) in [6, 6.07) is 1.18. The molecule has 3 aromatic rings. The normalized spacial score (nSPS) is 18.8. The maximum Gasteiger partial charge on any atom is 0.352 e. The van der Waals surface area contributed by atoms with Gasteiger partial charge in [-0.1, -0.05) is 16.7 Å². The van der Waals surface area contributed by atoms with Crippen LogP contribution in [0, 0.1) is 0 Å². The summed E-state index contributed by atoms with van der Waals surface area (Å²) in [5.41, 5.74) is 2.82. The summed E-state index contributed by atoms with van der Waals surface area (Å²) < 4.78 is 1.63. The predicted molar refractivity (Wildman–Crippen MR) is 155 cm³/mol. The highest BCUT2D eigenvalue weighted by Crippen LogP contribution is 2.41. The summed E-state index contributed by atoms with van der Waals surface area (Å²) in [5, 5.41) is 45.8. The van der Waals surface area contributed by atoms with Crippen LogP contribution in [0.25, 0.3) is 10.1 Å². The first-order valence-corrected chi connectivity index (χ1v) is 14.9. The van der Waals surface area contributed by atoms with Crippen molar-refractivity contribution < 1.29 is 44.4 Å². The number of rotatable bonds is 9. The molecule has 43 heavy (non-hydrogen) atoms. The van der Waals surface area contributed by atoms with Crippen molar-refractivity contribution in [3.63, 3.8) is 0 Å². The third-order valence-electron chi connectivity index (χ3n) is 6.47. The average Bonchev–Trinajstić information content (AvgIpc) is 3.49. The molecule has 2 aliphatic rings. The van der Waals surface area contributed by atoms with Gasteiger partial charge in [0.15, 0.2) is 22.3 Å². The number of hydrogen-bond acceptors (Lipinski definition) is 14. The Morgan fingerprint density at radius 1 is 1.21 bits per heavy atom. The molecule has 0 spiro atoms. The molecule has 0 saturated carbocycles. The molecule has 0 bridgehead atoms. The van der Waals surface area contributed by atoms with Crippen LogP contribution in [-0.4, -0.2) is 86.5 Å². The van der Waals surface area contributed by atoms with Crippen molar-refractivity contribution in [3.8, 4) is 11.5 Å². The Labute approximate surface area is 252 Å². The fourth-order valence-corrected chi connectivity index (χ4v) is 7.12. The minimum absolute atomic E-state index is 0.0232. The van der Waals surface area contributed by atoms with Gasteiger partial charge in [0.2, 0.25) is 5.60 Å². The SMILES string of the molecule is CC(C)(O/N=C(\C(=O)NC1C(=O)N2C(C(=O)O)=C(Cn3sc4cc(O)c(O)cc4c3=O)CS[C@H]12)c1csc(N)n1)C(=O)O. The minimum atomic E-state index is -1.80. The Bertz CT molecular complexity index is 1820. The quantitative estimate of drug-likeness (QED) is 0.0802. The summed E-state index contributed by atoms with van der Waals surface area (Å²) in [6.07, 6.45) is 0. The minimum Gasteiger partial charge on any atom is -0.504 e. The highest BCUT2D eigenvalue weighted by Gasteiger charge is 2.54. The third kappa shape index (κ3) is 5.37. The third-order valence-corrected chi connectivity index (χ3v) is 9.54. The molecule has 2 amide bonds. The molecule has 2 atom stereocenters. The van der Waals surface area contributed by atoms with Gasteiger partial charge in [-0.15, -0.1) is 23.1 Å². The standard InChI is InChI=1S/C24H22N6O10S3/c1-24(2,22(38)39)40-28-14(10-7-42-23(25)26-10)17(33)27-15-19(35)30-16(21(36)37)8(6-41-20(15)30)5-29-18(34)9-3-11(31)12(32)4-13(9)43-29/h3-4,7,15,20,31-32H,5-6H2,1-2H3,(H2,25,26)(H,27,33)(H,36,37)(H,38,39)/b28-14-/t15?,20-/m1/s1. The molecule has 1 unspecified atom stereocenters. The second kappa shape index (κ2) is 10.9. The number of thioether (sulfide) groups is 1. The Kier molecular flexibility index (Phi) is 7.57. The number of nitrogens with zero attached hydrogens (tertiary/aromatic N) is 4. The molecule has 19 heteroatoms. The van der Waals surface area contributed by atoms with E-state index in [1.54, 1.807) is 0 Å². The fourth-order valence-electron chi connectivity index (χ4n) is 4.19. The number of nitrogens with two attached hydrogens (primary N) is 1. The summed E-state index contributed by atoms with van der Waals surface area (Å²) in [7, 11) is 0. The molecule has 16 nitrogen and oxygen atoms in total. The van der Waals surface area contributed by atoms with Crippen molar-refractivity contribution in [2.75, 3.05) is 11.5 Å². The largest absolute Gasteiger partial charge is 0.504 e. The van der Waals surface area contributed by atoms with Gasteiger partial charge in [0.1, 0.15) is 22.8 Å². The number of carboxylic acids is 2. The van der Waals surface area contributed by atoms with Crippen molar-refractivity contribution in [1.29, 1.82) is 0 Å². The van der Waals surface area contributed by atoms with E-state index >= 15 is 0 Å². The van der Waals surface area contributed by atoms with Crippen LogP contribution in [0.4, 0.5) is 5.13 Å². The van der Waals surface area contributed by atoms with E-state index in [-0.39, 0.29) is 39.8 Å². The van der Waals surface area contributed by atoms with Crippen LogP contribution < -0.4 is 16.6 Å². The number of β-lactam (4-membered cyclic amide) rings is 1. The first kappa shape index (κ1) is 29.9. The predicted octanol–water partition coefficient (Wildman–Crippen LogP) is 0.536. The summed E-state index contributed by atoms with van der Waals surface area (Å²) in [5.74, 6) is -5.21. The van der Waals surface area contributed by atoms with Gasteiger partial charge in [-0.05, 0) is 25.5 Å². The van der Waals surface area contributed by atoms with Gasteiger partial charge in [0, 0.05) is 17.2 Å². The van der Waals surface area contributed by atoms with Crippen LogP contribution in [0.1, 0.15) is 19.5 Å². The highest BCUT2D eigenvalue weighted by molar-refractivity contribution is 8.00. The zero-order chi connectivity index (χ0) is 31.4. The first-order valence-electron chi connectivity index (χ1n) is 12.2. The average molecular weight is 651 g/mol. The molecule has 4 heterocycles. The maximum atomic E-state index is 13.2. The number of amides is 2. The van der Waals surface area contributed by atoms with E-state index in [4.69, 9.17) is 10.6 Å². The molecule has 2 aliphatic heterocycles. The van der Waals surface area contributed by atoms with Gasteiger partial charge >= 0.3 is 11.9 Å². The molecule has 5 rings (SSSR count). The van der Waals surface area contributed by atoms with E-state index < -0.39 is 63.5 Å². The van der Waals surface area contributed by atoms with E-state index in [1.807, 2.05) is 0 Å². The number of thiazole rings is 1. The molecule has 2 aromatic heterocycles. The second-order valence-electron chi connectivity index (χ2n) is 9.81. The number of nitrogen functional groups attached to an aromatic ring is 1. The molecule has 1 saturated heterocycles. The molecule has 1 aromatic carbocycles. The van der Waals surface area contributed by atoms with Crippen molar-refractivity contribution >= 4 is 79.3 Å². The van der Waals surface area contributed by atoms with Crippen molar-refractivity contribution in [1.82, 2.24) is 19.2 Å². The second-order valence-corrected chi connectivity index (χ2v) is 12.9. The lowest BCUT2D eigenvalue weighted by atomic mass is 10.0. The zero-order valence-electron chi connectivity index (χ0n) is 22.1. The highest BCUT2D eigenvalue weighted by atomic mass is 32.2. The van der Waals surface area contributed by atoms with Gasteiger partial charge in [0.05, 0.1) is 16.6 Å². The maximum absolute atomic E-state index is 13.2. The van der Waals surface area contributed by atoms with Gasteiger partial charge in [-0.3, -0.25) is 23.2 Å². The van der Waals surface area contributed by atoms with Gasteiger partial charge in [-0.2, -0.15) is 0 Å². The topological polar surface area (TPSA) is 247 Å². The number of carboxylic acid groups (broad SMARTS) is 2. The number of phenolic OH excluding ortho intramolecular Hbond substituents is 2. The van der Waals surface area contributed by atoms with Crippen molar-refractivity contribution in [3.05, 3.63) is 44.8 Å². The van der Waals surface area contributed by atoms with Crippen LogP contribution in [0.3, 0.4) is 0 Å². The molecular formula is C24H22N6O10S3.